The molecule has 7 heteroatoms. The van der Waals surface area contributed by atoms with Crippen LogP contribution in [0.4, 0.5) is 5.95 Å². The summed E-state index contributed by atoms with van der Waals surface area (Å²) in [5.41, 5.74) is 2.31. The summed E-state index contributed by atoms with van der Waals surface area (Å²) in [6.07, 6.45) is 1.67. The summed E-state index contributed by atoms with van der Waals surface area (Å²) >= 11 is 0. The van der Waals surface area contributed by atoms with E-state index in [2.05, 4.69) is 30.2 Å². The highest BCUT2D eigenvalue weighted by atomic mass is 16.1. The first-order valence-corrected chi connectivity index (χ1v) is 8.20. The number of hydrogen-bond acceptors (Lipinski definition) is 6. The molecule has 0 saturated carbocycles. The number of rotatable bonds is 5. The Bertz CT molecular complexity index is 894. The molecule has 0 fully saturated rings. The van der Waals surface area contributed by atoms with Gasteiger partial charge in [-0.2, -0.15) is 9.97 Å². The summed E-state index contributed by atoms with van der Waals surface area (Å²) in [5, 5.41) is 2.73. The molecule has 2 heterocycles. The molecule has 1 N–H and O–H groups in total. The standard InChI is InChI=1S/C19H20N6O/c1-13-21-17(16-6-4-5-11-20-16)23-19(22-13)24-18(26)15-9-7-14(8-10-15)12-25(2)3/h4-11H,12H2,1-3H3,(H,21,22,23,24,26). The maximum absolute atomic E-state index is 12.5. The lowest BCUT2D eigenvalue weighted by atomic mass is 10.1. The normalized spacial score (nSPS) is 10.8. The Kier molecular flexibility index (Phi) is 5.28. The number of carbonyl (C=O) groups excluding carboxylic acids is 1. The first-order chi connectivity index (χ1) is 12.5. The van der Waals surface area contributed by atoms with Gasteiger partial charge in [0.1, 0.15) is 11.5 Å². The van der Waals surface area contributed by atoms with E-state index in [1.165, 1.54) is 0 Å². The molecule has 1 amide bonds. The van der Waals surface area contributed by atoms with E-state index in [9.17, 15) is 4.79 Å². The maximum Gasteiger partial charge on any atom is 0.258 e. The van der Waals surface area contributed by atoms with Gasteiger partial charge in [0.25, 0.3) is 5.91 Å². The van der Waals surface area contributed by atoms with Crippen LogP contribution in [0, 0.1) is 6.92 Å². The van der Waals surface area contributed by atoms with Gasteiger partial charge in [0, 0.05) is 18.3 Å². The Morgan fingerprint density at radius 3 is 2.46 bits per heavy atom. The molecule has 0 atom stereocenters. The average Bonchev–Trinajstić information content (AvgIpc) is 2.62. The molecule has 0 aliphatic heterocycles. The minimum atomic E-state index is -0.265. The molecule has 132 valence electrons. The Hall–Kier alpha value is -3.19. The first-order valence-electron chi connectivity index (χ1n) is 8.20. The number of amides is 1. The van der Waals surface area contributed by atoms with E-state index in [-0.39, 0.29) is 11.9 Å². The van der Waals surface area contributed by atoms with E-state index in [0.29, 0.717) is 22.9 Å². The van der Waals surface area contributed by atoms with Crippen LogP contribution in [0.1, 0.15) is 21.7 Å². The lowest BCUT2D eigenvalue weighted by Gasteiger charge is -2.10. The van der Waals surface area contributed by atoms with Gasteiger partial charge in [-0.25, -0.2) is 4.98 Å². The minimum Gasteiger partial charge on any atom is -0.305 e. The molecule has 1 aromatic carbocycles. The van der Waals surface area contributed by atoms with Gasteiger partial charge in [0.05, 0.1) is 0 Å². The maximum atomic E-state index is 12.5. The molecule has 7 nitrogen and oxygen atoms in total. The summed E-state index contributed by atoms with van der Waals surface area (Å²) in [7, 11) is 4.01. The number of nitrogens with one attached hydrogen (secondary N) is 1. The molecule has 3 rings (SSSR count). The van der Waals surface area contributed by atoms with E-state index < -0.39 is 0 Å². The quantitative estimate of drug-likeness (QED) is 0.763. The number of carbonyl (C=O) groups is 1. The van der Waals surface area contributed by atoms with Crippen molar-refractivity contribution >= 4 is 11.9 Å². The van der Waals surface area contributed by atoms with Gasteiger partial charge in [0.15, 0.2) is 5.82 Å². The fourth-order valence-corrected chi connectivity index (χ4v) is 2.45. The zero-order valence-electron chi connectivity index (χ0n) is 15.0. The van der Waals surface area contributed by atoms with Gasteiger partial charge in [0.2, 0.25) is 5.95 Å². The van der Waals surface area contributed by atoms with Crippen molar-refractivity contribution in [3.05, 3.63) is 65.6 Å². The number of nitrogens with zero attached hydrogens (tertiary/aromatic N) is 5. The van der Waals surface area contributed by atoms with Crippen LogP contribution in [-0.4, -0.2) is 44.8 Å². The molecule has 3 aromatic rings. The molecular weight excluding hydrogens is 328 g/mol. The van der Waals surface area contributed by atoms with Crippen LogP contribution in [0.3, 0.4) is 0 Å². The van der Waals surface area contributed by atoms with Crippen LogP contribution >= 0.6 is 0 Å². The van der Waals surface area contributed by atoms with Crippen molar-refractivity contribution in [3.8, 4) is 11.5 Å². The smallest absolute Gasteiger partial charge is 0.258 e. The Balaban J connectivity index is 1.78. The van der Waals surface area contributed by atoms with Crippen molar-refractivity contribution in [1.82, 2.24) is 24.8 Å². The summed E-state index contributed by atoms with van der Waals surface area (Å²) < 4.78 is 0. The average molecular weight is 348 g/mol. The van der Waals surface area contributed by atoms with Gasteiger partial charge in [-0.1, -0.05) is 18.2 Å². The number of hydrogen-bond donors (Lipinski definition) is 1. The Morgan fingerprint density at radius 1 is 1.04 bits per heavy atom. The predicted molar refractivity (Wildman–Crippen MR) is 99.6 cm³/mol. The van der Waals surface area contributed by atoms with Gasteiger partial charge in [-0.3, -0.25) is 15.1 Å². The SMILES string of the molecule is Cc1nc(NC(=O)c2ccc(CN(C)C)cc2)nc(-c2ccccn2)n1. The van der Waals surface area contributed by atoms with Crippen molar-refractivity contribution in [3.63, 3.8) is 0 Å². The van der Waals surface area contributed by atoms with Crippen molar-refractivity contribution in [2.24, 2.45) is 0 Å². The monoisotopic (exact) mass is 348 g/mol. The summed E-state index contributed by atoms with van der Waals surface area (Å²) in [6.45, 7) is 2.57. The van der Waals surface area contributed by atoms with E-state index in [1.54, 1.807) is 25.3 Å². The summed E-state index contributed by atoms with van der Waals surface area (Å²) in [4.78, 5) is 31.6. The molecule has 0 bridgehead atoms. The highest BCUT2D eigenvalue weighted by Crippen LogP contribution is 2.14. The predicted octanol–water partition coefficient (Wildman–Crippen LogP) is 2.56. The minimum absolute atomic E-state index is 0.209. The lowest BCUT2D eigenvalue weighted by Crippen LogP contribution is -2.16. The highest BCUT2D eigenvalue weighted by molar-refractivity contribution is 6.03. The zero-order chi connectivity index (χ0) is 18.5. The molecule has 2 aromatic heterocycles. The van der Waals surface area contributed by atoms with Crippen molar-refractivity contribution in [2.45, 2.75) is 13.5 Å². The third-order valence-corrected chi connectivity index (χ3v) is 3.58. The van der Waals surface area contributed by atoms with Crippen LogP contribution in [0.25, 0.3) is 11.5 Å². The van der Waals surface area contributed by atoms with E-state index in [0.717, 1.165) is 12.1 Å². The summed E-state index contributed by atoms with van der Waals surface area (Å²) in [5.74, 6) is 0.881. The summed E-state index contributed by atoms with van der Waals surface area (Å²) in [6, 6.07) is 12.9. The van der Waals surface area contributed by atoms with Crippen LogP contribution in [0.2, 0.25) is 0 Å². The van der Waals surface area contributed by atoms with E-state index in [1.807, 2.05) is 44.4 Å². The first kappa shape index (κ1) is 17.6. The molecular formula is C19H20N6O. The molecule has 0 aliphatic rings. The molecule has 26 heavy (non-hydrogen) atoms. The van der Waals surface area contributed by atoms with E-state index in [4.69, 9.17) is 0 Å². The number of aryl methyl sites for hydroxylation is 1. The van der Waals surface area contributed by atoms with Gasteiger partial charge in [-0.15, -0.1) is 0 Å². The highest BCUT2D eigenvalue weighted by Gasteiger charge is 2.11. The van der Waals surface area contributed by atoms with Gasteiger partial charge >= 0.3 is 0 Å². The van der Waals surface area contributed by atoms with Gasteiger partial charge < -0.3 is 4.90 Å². The van der Waals surface area contributed by atoms with Crippen molar-refractivity contribution in [2.75, 3.05) is 19.4 Å². The van der Waals surface area contributed by atoms with Gasteiger partial charge in [-0.05, 0) is 50.8 Å². The second kappa shape index (κ2) is 7.79. The fourth-order valence-electron chi connectivity index (χ4n) is 2.45. The molecule has 0 unspecified atom stereocenters. The third kappa shape index (κ3) is 4.46. The van der Waals surface area contributed by atoms with Crippen molar-refractivity contribution in [1.29, 1.82) is 0 Å². The van der Waals surface area contributed by atoms with Crippen molar-refractivity contribution < 1.29 is 4.79 Å². The molecule has 0 spiro atoms. The van der Waals surface area contributed by atoms with Crippen LogP contribution < -0.4 is 5.32 Å². The second-order valence-corrected chi connectivity index (χ2v) is 6.13. The van der Waals surface area contributed by atoms with Crippen LogP contribution in [-0.2, 0) is 6.54 Å². The second-order valence-electron chi connectivity index (χ2n) is 6.13. The number of aromatic nitrogens is 4. The number of benzene rings is 1. The molecule has 0 aliphatic carbocycles. The topological polar surface area (TPSA) is 83.9 Å². The van der Waals surface area contributed by atoms with Crippen LogP contribution in [0.15, 0.2) is 48.7 Å². The zero-order valence-corrected chi connectivity index (χ0v) is 15.0. The largest absolute Gasteiger partial charge is 0.305 e. The number of pyridine rings is 1. The Morgan fingerprint density at radius 2 is 1.81 bits per heavy atom. The lowest BCUT2D eigenvalue weighted by molar-refractivity contribution is 0.102. The van der Waals surface area contributed by atoms with Crippen LogP contribution in [0.5, 0.6) is 0 Å². The molecule has 0 saturated heterocycles. The third-order valence-electron chi connectivity index (χ3n) is 3.58. The molecule has 0 radical (unpaired) electrons. The van der Waals surface area contributed by atoms with E-state index >= 15 is 0 Å². The Labute approximate surface area is 152 Å². The number of anilines is 1. The fraction of sp³-hybridized carbons (Fsp3) is 0.211.